The fraction of sp³-hybridized carbons (Fsp3) is 0.200. The summed E-state index contributed by atoms with van der Waals surface area (Å²) in [6, 6.07) is 6.43. The smallest absolute Gasteiger partial charge is 0.255 e. The molecule has 0 unspecified atom stereocenters. The number of rotatable bonds is 4. The molecule has 108 valence electrons. The van der Waals surface area contributed by atoms with Crippen molar-refractivity contribution < 1.29 is 13.6 Å². The van der Waals surface area contributed by atoms with E-state index in [-0.39, 0.29) is 5.69 Å². The monoisotopic (exact) mass is 289 g/mol. The lowest BCUT2D eigenvalue weighted by Gasteiger charge is -2.08. The minimum absolute atomic E-state index is 0.187. The van der Waals surface area contributed by atoms with E-state index < -0.39 is 17.5 Å². The van der Waals surface area contributed by atoms with Crippen molar-refractivity contribution in [3.63, 3.8) is 0 Å². The molecule has 21 heavy (non-hydrogen) atoms. The Bertz CT molecular complexity index is 686. The standard InChI is InChI=1S/C15H13F2N3O/c16-10-1-4-12(17)13(8-10)20-15(21)9-5-6-18-14(7-9)19-11-2-3-11/h1,4-8,11H,2-3H2,(H,18,19)(H,20,21). The molecule has 1 aromatic heterocycles. The molecule has 2 aromatic rings. The van der Waals surface area contributed by atoms with Crippen LogP contribution in [-0.4, -0.2) is 16.9 Å². The number of pyridine rings is 1. The van der Waals surface area contributed by atoms with Gasteiger partial charge in [0.2, 0.25) is 0 Å². The summed E-state index contributed by atoms with van der Waals surface area (Å²) in [5.41, 5.74) is 0.144. The molecule has 1 aliphatic rings. The number of carbonyl (C=O) groups is 1. The molecular weight excluding hydrogens is 276 g/mol. The zero-order valence-electron chi connectivity index (χ0n) is 11.1. The first-order valence-electron chi connectivity index (χ1n) is 6.61. The molecule has 0 radical (unpaired) electrons. The predicted molar refractivity (Wildman–Crippen MR) is 75.2 cm³/mol. The maximum Gasteiger partial charge on any atom is 0.255 e. The molecule has 1 aliphatic carbocycles. The number of benzene rings is 1. The van der Waals surface area contributed by atoms with Crippen molar-refractivity contribution in [2.24, 2.45) is 0 Å². The zero-order valence-corrected chi connectivity index (χ0v) is 11.1. The molecule has 1 saturated carbocycles. The van der Waals surface area contributed by atoms with E-state index in [9.17, 15) is 13.6 Å². The Morgan fingerprint density at radius 3 is 2.76 bits per heavy atom. The first-order valence-corrected chi connectivity index (χ1v) is 6.61. The van der Waals surface area contributed by atoms with E-state index in [2.05, 4.69) is 15.6 Å². The van der Waals surface area contributed by atoms with Crippen molar-refractivity contribution in [3.05, 3.63) is 53.7 Å². The van der Waals surface area contributed by atoms with Gasteiger partial charge in [-0.3, -0.25) is 4.79 Å². The van der Waals surface area contributed by atoms with Crippen LogP contribution in [0.25, 0.3) is 0 Å². The quantitative estimate of drug-likeness (QED) is 0.909. The lowest BCUT2D eigenvalue weighted by molar-refractivity contribution is 0.102. The highest BCUT2D eigenvalue weighted by Crippen LogP contribution is 2.24. The minimum atomic E-state index is -0.685. The third kappa shape index (κ3) is 3.34. The second kappa shape index (κ2) is 5.47. The van der Waals surface area contributed by atoms with Crippen molar-refractivity contribution in [2.75, 3.05) is 10.6 Å². The largest absolute Gasteiger partial charge is 0.367 e. The molecule has 0 bridgehead atoms. The van der Waals surface area contributed by atoms with E-state index in [4.69, 9.17) is 0 Å². The third-order valence-corrected chi connectivity index (χ3v) is 3.13. The van der Waals surface area contributed by atoms with Gasteiger partial charge in [-0.25, -0.2) is 13.8 Å². The second-order valence-electron chi connectivity index (χ2n) is 4.93. The van der Waals surface area contributed by atoms with Crippen LogP contribution in [0.3, 0.4) is 0 Å². The summed E-state index contributed by atoms with van der Waals surface area (Å²) in [5.74, 6) is -1.21. The molecule has 1 fully saturated rings. The first kappa shape index (κ1) is 13.5. The van der Waals surface area contributed by atoms with Crippen LogP contribution < -0.4 is 10.6 Å². The van der Waals surface area contributed by atoms with E-state index in [0.717, 1.165) is 31.0 Å². The molecule has 1 aromatic carbocycles. The molecule has 6 heteroatoms. The number of aromatic nitrogens is 1. The van der Waals surface area contributed by atoms with Crippen molar-refractivity contribution in [3.8, 4) is 0 Å². The van der Waals surface area contributed by atoms with Gasteiger partial charge in [-0.1, -0.05) is 0 Å². The summed E-state index contributed by atoms with van der Waals surface area (Å²) in [7, 11) is 0. The Morgan fingerprint density at radius 1 is 1.19 bits per heavy atom. The first-order chi connectivity index (χ1) is 10.1. The molecule has 1 heterocycles. The average Bonchev–Trinajstić information content (AvgIpc) is 3.27. The van der Waals surface area contributed by atoms with Crippen LogP contribution >= 0.6 is 0 Å². The Kier molecular flexibility index (Phi) is 3.51. The average molecular weight is 289 g/mol. The predicted octanol–water partition coefficient (Wildman–Crippen LogP) is 3.19. The number of hydrogen-bond donors (Lipinski definition) is 2. The van der Waals surface area contributed by atoms with Gasteiger partial charge in [-0.2, -0.15) is 0 Å². The van der Waals surface area contributed by atoms with E-state index in [1.165, 1.54) is 12.3 Å². The molecule has 0 saturated heterocycles. The van der Waals surface area contributed by atoms with Gasteiger partial charge in [-0.15, -0.1) is 0 Å². The molecular formula is C15H13F2N3O. The van der Waals surface area contributed by atoms with Gasteiger partial charge in [0, 0.05) is 23.9 Å². The lowest BCUT2D eigenvalue weighted by Crippen LogP contribution is -2.14. The SMILES string of the molecule is O=C(Nc1cc(F)ccc1F)c1ccnc(NC2CC2)c1. The fourth-order valence-corrected chi connectivity index (χ4v) is 1.88. The number of halogens is 2. The molecule has 0 atom stereocenters. The topological polar surface area (TPSA) is 54.0 Å². The van der Waals surface area contributed by atoms with E-state index in [0.29, 0.717) is 17.4 Å². The Morgan fingerprint density at radius 2 is 2.00 bits per heavy atom. The highest BCUT2D eigenvalue weighted by atomic mass is 19.1. The summed E-state index contributed by atoms with van der Waals surface area (Å²) in [4.78, 5) is 16.2. The highest BCUT2D eigenvalue weighted by Gasteiger charge is 2.21. The van der Waals surface area contributed by atoms with Crippen LogP contribution in [0.2, 0.25) is 0 Å². The molecule has 1 amide bonds. The Labute approximate surface area is 120 Å². The van der Waals surface area contributed by atoms with Gasteiger partial charge in [0.15, 0.2) is 0 Å². The van der Waals surface area contributed by atoms with E-state index in [1.54, 1.807) is 6.07 Å². The van der Waals surface area contributed by atoms with Crippen LogP contribution in [0.4, 0.5) is 20.3 Å². The number of amides is 1. The van der Waals surface area contributed by atoms with Crippen molar-refractivity contribution in [1.29, 1.82) is 0 Å². The molecule has 3 rings (SSSR count). The molecule has 0 aliphatic heterocycles. The van der Waals surface area contributed by atoms with Gasteiger partial charge in [-0.05, 0) is 37.1 Å². The van der Waals surface area contributed by atoms with Gasteiger partial charge < -0.3 is 10.6 Å². The van der Waals surface area contributed by atoms with Crippen molar-refractivity contribution in [1.82, 2.24) is 4.98 Å². The Hall–Kier alpha value is -2.50. The van der Waals surface area contributed by atoms with E-state index in [1.807, 2.05) is 0 Å². The van der Waals surface area contributed by atoms with Crippen molar-refractivity contribution >= 4 is 17.4 Å². The summed E-state index contributed by atoms with van der Waals surface area (Å²) < 4.78 is 26.6. The van der Waals surface area contributed by atoms with Crippen LogP contribution in [0.1, 0.15) is 23.2 Å². The molecule has 4 nitrogen and oxygen atoms in total. The maximum absolute atomic E-state index is 13.5. The summed E-state index contributed by atoms with van der Waals surface area (Å²) >= 11 is 0. The summed E-state index contributed by atoms with van der Waals surface area (Å²) in [5, 5.41) is 5.52. The number of anilines is 2. The number of nitrogens with one attached hydrogen (secondary N) is 2. The summed E-state index contributed by atoms with van der Waals surface area (Å²) in [6.07, 6.45) is 3.68. The Balaban J connectivity index is 1.76. The van der Waals surface area contributed by atoms with E-state index >= 15 is 0 Å². The molecule has 0 spiro atoms. The van der Waals surface area contributed by atoms with Crippen LogP contribution in [0.15, 0.2) is 36.5 Å². The number of hydrogen-bond acceptors (Lipinski definition) is 3. The minimum Gasteiger partial charge on any atom is -0.367 e. The van der Waals surface area contributed by atoms with Crippen molar-refractivity contribution in [2.45, 2.75) is 18.9 Å². The molecule has 2 N–H and O–H groups in total. The third-order valence-electron chi connectivity index (χ3n) is 3.13. The number of carbonyl (C=O) groups excluding carboxylic acids is 1. The summed E-state index contributed by atoms with van der Waals surface area (Å²) in [6.45, 7) is 0. The second-order valence-corrected chi connectivity index (χ2v) is 4.93. The normalized spacial score (nSPS) is 13.8. The maximum atomic E-state index is 13.5. The van der Waals surface area contributed by atoms with Crippen LogP contribution in [-0.2, 0) is 0 Å². The highest BCUT2D eigenvalue weighted by molar-refractivity contribution is 6.04. The van der Waals surface area contributed by atoms with Gasteiger partial charge >= 0.3 is 0 Å². The van der Waals surface area contributed by atoms with Crippen LogP contribution in [0, 0.1) is 11.6 Å². The van der Waals surface area contributed by atoms with Gasteiger partial charge in [0.05, 0.1) is 5.69 Å². The van der Waals surface area contributed by atoms with Crippen LogP contribution in [0.5, 0.6) is 0 Å². The number of nitrogens with zero attached hydrogens (tertiary/aromatic N) is 1. The zero-order chi connectivity index (χ0) is 14.8. The van der Waals surface area contributed by atoms with Gasteiger partial charge in [0.25, 0.3) is 5.91 Å². The van der Waals surface area contributed by atoms with Gasteiger partial charge in [0.1, 0.15) is 17.5 Å². The fourth-order valence-electron chi connectivity index (χ4n) is 1.88. The lowest BCUT2D eigenvalue weighted by atomic mass is 10.2.